The number of carbonyl (C=O) groups is 1. The number of aromatic nitrogens is 3. The van der Waals surface area contributed by atoms with E-state index in [1.165, 1.54) is 6.20 Å². The maximum atomic E-state index is 11.8. The standard InChI is InChI=1S/C13H10N4OS/c18-12(10-7-15-16-8-10)17-11-3-1-9(2-4-11)13-14-5-6-19-13/h1-8H,(H,15,16)(H,17,18). The van der Waals surface area contributed by atoms with Crippen molar-refractivity contribution in [3.05, 3.63) is 53.8 Å². The summed E-state index contributed by atoms with van der Waals surface area (Å²) in [6.45, 7) is 0. The van der Waals surface area contributed by atoms with Gasteiger partial charge in [-0.2, -0.15) is 5.10 Å². The van der Waals surface area contributed by atoms with E-state index in [2.05, 4.69) is 20.5 Å². The summed E-state index contributed by atoms with van der Waals surface area (Å²) in [5.74, 6) is -0.184. The van der Waals surface area contributed by atoms with Crippen LogP contribution in [0.3, 0.4) is 0 Å². The number of rotatable bonds is 3. The summed E-state index contributed by atoms with van der Waals surface area (Å²) < 4.78 is 0. The molecule has 1 aromatic carbocycles. The molecule has 94 valence electrons. The molecule has 0 aliphatic heterocycles. The van der Waals surface area contributed by atoms with E-state index in [1.807, 2.05) is 29.6 Å². The number of H-pyrrole nitrogens is 1. The molecule has 2 heterocycles. The zero-order valence-corrected chi connectivity index (χ0v) is 10.6. The second-order valence-corrected chi connectivity index (χ2v) is 4.75. The second-order valence-electron chi connectivity index (χ2n) is 3.86. The maximum Gasteiger partial charge on any atom is 0.258 e. The monoisotopic (exact) mass is 270 g/mol. The van der Waals surface area contributed by atoms with Crippen LogP contribution in [0.4, 0.5) is 5.69 Å². The molecule has 0 spiro atoms. The fraction of sp³-hybridized carbons (Fsp3) is 0. The van der Waals surface area contributed by atoms with Gasteiger partial charge in [0.25, 0.3) is 5.91 Å². The van der Waals surface area contributed by atoms with Gasteiger partial charge in [0.05, 0.1) is 11.8 Å². The Morgan fingerprint density at radius 2 is 2.11 bits per heavy atom. The van der Waals surface area contributed by atoms with Gasteiger partial charge in [0.15, 0.2) is 0 Å². The Balaban J connectivity index is 1.75. The smallest absolute Gasteiger partial charge is 0.258 e. The van der Waals surface area contributed by atoms with Crippen molar-refractivity contribution in [2.75, 3.05) is 5.32 Å². The largest absolute Gasteiger partial charge is 0.322 e. The van der Waals surface area contributed by atoms with E-state index < -0.39 is 0 Å². The number of benzene rings is 1. The van der Waals surface area contributed by atoms with Crippen LogP contribution in [0, 0.1) is 0 Å². The number of thiazole rings is 1. The van der Waals surface area contributed by atoms with Crippen molar-refractivity contribution in [1.29, 1.82) is 0 Å². The molecular weight excluding hydrogens is 260 g/mol. The van der Waals surface area contributed by atoms with Crippen LogP contribution in [-0.4, -0.2) is 21.1 Å². The number of nitrogens with zero attached hydrogens (tertiary/aromatic N) is 2. The van der Waals surface area contributed by atoms with Crippen molar-refractivity contribution in [2.45, 2.75) is 0 Å². The highest BCUT2D eigenvalue weighted by atomic mass is 32.1. The molecule has 3 aromatic rings. The molecule has 6 heteroatoms. The van der Waals surface area contributed by atoms with Crippen molar-refractivity contribution in [3.63, 3.8) is 0 Å². The highest BCUT2D eigenvalue weighted by Crippen LogP contribution is 2.23. The van der Waals surface area contributed by atoms with Gasteiger partial charge in [-0.05, 0) is 24.3 Å². The van der Waals surface area contributed by atoms with Crippen molar-refractivity contribution >= 4 is 22.9 Å². The lowest BCUT2D eigenvalue weighted by Crippen LogP contribution is -2.10. The zero-order chi connectivity index (χ0) is 13.1. The van der Waals surface area contributed by atoms with Crippen molar-refractivity contribution in [2.24, 2.45) is 0 Å². The number of hydrogen-bond donors (Lipinski definition) is 2. The molecule has 0 saturated heterocycles. The lowest BCUT2D eigenvalue weighted by molar-refractivity contribution is 0.102. The van der Waals surface area contributed by atoms with Crippen LogP contribution in [0.2, 0.25) is 0 Å². The Bertz CT molecular complexity index is 659. The number of anilines is 1. The third-order valence-corrected chi connectivity index (χ3v) is 3.40. The fourth-order valence-electron chi connectivity index (χ4n) is 1.64. The van der Waals surface area contributed by atoms with Gasteiger partial charge in [0, 0.05) is 29.0 Å². The lowest BCUT2D eigenvalue weighted by Gasteiger charge is -2.04. The minimum absolute atomic E-state index is 0.184. The predicted octanol–water partition coefficient (Wildman–Crippen LogP) is 2.79. The molecule has 1 amide bonds. The highest BCUT2D eigenvalue weighted by molar-refractivity contribution is 7.13. The number of nitrogens with one attached hydrogen (secondary N) is 2. The Hall–Kier alpha value is -2.47. The minimum atomic E-state index is -0.184. The summed E-state index contributed by atoms with van der Waals surface area (Å²) in [7, 11) is 0. The number of amides is 1. The first-order valence-corrected chi connectivity index (χ1v) is 6.51. The summed E-state index contributed by atoms with van der Waals surface area (Å²) in [5.41, 5.74) is 2.28. The van der Waals surface area contributed by atoms with Crippen LogP contribution in [0.5, 0.6) is 0 Å². The number of carbonyl (C=O) groups excluding carboxylic acids is 1. The van der Waals surface area contributed by atoms with E-state index in [4.69, 9.17) is 0 Å². The van der Waals surface area contributed by atoms with Gasteiger partial charge in [-0.1, -0.05) is 0 Å². The van der Waals surface area contributed by atoms with Gasteiger partial charge in [-0.25, -0.2) is 4.98 Å². The van der Waals surface area contributed by atoms with Gasteiger partial charge in [0.2, 0.25) is 0 Å². The minimum Gasteiger partial charge on any atom is -0.322 e. The Morgan fingerprint density at radius 1 is 1.26 bits per heavy atom. The van der Waals surface area contributed by atoms with Crippen LogP contribution in [0.15, 0.2) is 48.2 Å². The predicted molar refractivity (Wildman–Crippen MR) is 74.1 cm³/mol. The van der Waals surface area contributed by atoms with Crippen LogP contribution in [-0.2, 0) is 0 Å². The quantitative estimate of drug-likeness (QED) is 0.768. The summed E-state index contributed by atoms with van der Waals surface area (Å²) in [6, 6.07) is 7.58. The molecule has 2 aromatic heterocycles. The topological polar surface area (TPSA) is 70.7 Å². The molecule has 3 rings (SSSR count). The van der Waals surface area contributed by atoms with Crippen LogP contribution < -0.4 is 5.32 Å². The molecule has 0 bridgehead atoms. The molecule has 2 N–H and O–H groups in total. The van der Waals surface area contributed by atoms with Crippen LogP contribution >= 0.6 is 11.3 Å². The lowest BCUT2D eigenvalue weighted by atomic mass is 10.2. The molecular formula is C13H10N4OS. The summed E-state index contributed by atoms with van der Waals surface area (Å²) in [5, 5.41) is 12.0. The van der Waals surface area contributed by atoms with Gasteiger partial charge < -0.3 is 5.32 Å². The van der Waals surface area contributed by atoms with E-state index in [-0.39, 0.29) is 5.91 Å². The Kier molecular flexibility index (Phi) is 3.07. The third kappa shape index (κ3) is 2.53. The van der Waals surface area contributed by atoms with Crippen molar-refractivity contribution in [1.82, 2.24) is 15.2 Å². The molecule has 5 nitrogen and oxygen atoms in total. The summed E-state index contributed by atoms with van der Waals surface area (Å²) >= 11 is 1.58. The Labute approximate surface area is 113 Å². The fourth-order valence-corrected chi connectivity index (χ4v) is 2.28. The first-order valence-electron chi connectivity index (χ1n) is 5.63. The summed E-state index contributed by atoms with van der Waals surface area (Å²) in [6.07, 6.45) is 4.81. The van der Waals surface area contributed by atoms with E-state index in [1.54, 1.807) is 23.7 Å². The maximum absolute atomic E-state index is 11.8. The summed E-state index contributed by atoms with van der Waals surface area (Å²) in [4.78, 5) is 16.0. The molecule has 0 saturated carbocycles. The third-order valence-electron chi connectivity index (χ3n) is 2.58. The van der Waals surface area contributed by atoms with Gasteiger partial charge in [-0.3, -0.25) is 9.89 Å². The average molecular weight is 270 g/mol. The van der Waals surface area contributed by atoms with Crippen LogP contribution in [0.25, 0.3) is 10.6 Å². The second kappa shape index (κ2) is 5.03. The molecule has 0 unspecified atom stereocenters. The van der Waals surface area contributed by atoms with Crippen molar-refractivity contribution in [3.8, 4) is 10.6 Å². The molecule has 0 aliphatic rings. The molecule has 0 radical (unpaired) electrons. The average Bonchev–Trinajstić information content (AvgIpc) is 3.13. The molecule has 0 aliphatic carbocycles. The van der Waals surface area contributed by atoms with E-state index in [0.29, 0.717) is 5.56 Å². The molecule has 0 fully saturated rings. The number of aromatic amines is 1. The number of hydrogen-bond acceptors (Lipinski definition) is 4. The van der Waals surface area contributed by atoms with E-state index in [9.17, 15) is 4.79 Å². The van der Waals surface area contributed by atoms with Crippen LogP contribution in [0.1, 0.15) is 10.4 Å². The Morgan fingerprint density at radius 3 is 2.74 bits per heavy atom. The first-order chi connectivity index (χ1) is 9.33. The van der Waals surface area contributed by atoms with E-state index >= 15 is 0 Å². The highest BCUT2D eigenvalue weighted by Gasteiger charge is 2.07. The van der Waals surface area contributed by atoms with Crippen molar-refractivity contribution < 1.29 is 4.79 Å². The normalized spacial score (nSPS) is 10.3. The van der Waals surface area contributed by atoms with Gasteiger partial charge in [0.1, 0.15) is 5.01 Å². The SMILES string of the molecule is O=C(Nc1ccc(-c2nccs2)cc1)c1cn[nH]c1. The van der Waals surface area contributed by atoms with Gasteiger partial charge in [-0.15, -0.1) is 11.3 Å². The van der Waals surface area contributed by atoms with Gasteiger partial charge >= 0.3 is 0 Å². The zero-order valence-electron chi connectivity index (χ0n) is 9.83. The first kappa shape index (κ1) is 11.6. The molecule has 19 heavy (non-hydrogen) atoms. The molecule has 0 atom stereocenters. The van der Waals surface area contributed by atoms with E-state index in [0.717, 1.165) is 16.3 Å².